The first kappa shape index (κ1) is 22.4. The van der Waals surface area contributed by atoms with Crippen LogP contribution in [0.15, 0.2) is 42.6 Å². The van der Waals surface area contributed by atoms with Crippen LogP contribution in [-0.2, 0) is 4.74 Å². The maximum atomic E-state index is 12.6. The number of carbonyl (C=O) groups is 1. The van der Waals surface area contributed by atoms with E-state index in [0.29, 0.717) is 31.1 Å². The molecular formula is C24H29N3O4. The van der Waals surface area contributed by atoms with Gasteiger partial charge in [-0.25, -0.2) is 9.78 Å². The van der Waals surface area contributed by atoms with Gasteiger partial charge in [-0.05, 0) is 56.9 Å². The van der Waals surface area contributed by atoms with Gasteiger partial charge in [0.2, 0.25) is 5.88 Å². The molecule has 0 aliphatic carbocycles. The Hall–Kier alpha value is -3.27. The molecule has 1 amide bonds. The summed E-state index contributed by atoms with van der Waals surface area (Å²) in [4.78, 5) is 18.6. The number of carbonyl (C=O) groups excluding carboxylic acids is 1. The summed E-state index contributed by atoms with van der Waals surface area (Å²) >= 11 is 0. The maximum Gasteiger partial charge on any atom is 0.410 e. The van der Waals surface area contributed by atoms with Gasteiger partial charge in [-0.2, -0.15) is 5.26 Å². The molecule has 0 radical (unpaired) electrons. The van der Waals surface area contributed by atoms with Crippen molar-refractivity contribution in [2.75, 3.05) is 26.8 Å². The van der Waals surface area contributed by atoms with Gasteiger partial charge in [-0.15, -0.1) is 0 Å². The largest absolute Gasteiger partial charge is 0.497 e. The molecule has 2 unspecified atom stereocenters. The van der Waals surface area contributed by atoms with Crippen LogP contribution in [0, 0.1) is 17.2 Å². The van der Waals surface area contributed by atoms with Gasteiger partial charge in [-0.1, -0.05) is 12.1 Å². The zero-order valence-electron chi connectivity index (χ0n) is 18.5. The highest BCUT2D eigenvalue weighted by atomic mass is 16.6. The third kappa shape index (κ3) is 6.11. The Morgan fingerprint density at radius 3 is 2.65 bits per heavy atom. The minimum atomic E-state index is -0.544. The molecule has 2 atom stereocenters. The fourth-order valence-electron chi connectivity index (χ4n) is 3.73. The number of hydrogen-bond donors (Lipinski definition) is 0. The summed E-state index contributed by atoms with van der Waals surface area (Å²) in [6.45, 7) is 7.10. The summed E-state index contributed by atoms with van der Waals surface area (Å²) in [5.41, 5.74) is 1.13. The van der Waals surface area contributed by atoms with Crippen molar-refractivity contribution < 1.29 is 19.0 Å². The maximum absolute atomic E-state index is 12.6. The predicted molar refractivity (Wildman–Crippen MR) is 116 cm³/mol. The van der Waals surface area contributed by atoms with Crippen molar-refractivity contribution in [1.29, 1.82) is 5.26 Å². The summed E-state index contributed by atoms with van der Waals surface area (Å²) in [6, 6.07) is 13.4. The molecule has 31 heavy (non-hydrogen) atoms. The van der Waals surface area contributed by atoms with Gasteiger partial charge in [0.05, 0.1) is 25.3 Å². The van der Waals surface area contributed by atoms with Crippen molar-refractivity contribution in [2.24, 2.45) is 5.92 Å². The molecule has 1 aromatic carbocycles. The minimum Gasteiger partial charge on any atom is -0.497 e. The van der Waals surface area contributed by atoms with Gasteiger partial charge in [0.25, 0.3) is 0 Å². The van der Waals surface area contributed by atoms with Crippen LogP contribution in [0.4, 0.5) is 4.79 Å². The van der Waals surface area contributed by atoms with Crippen molar-refractivity contribution in [3.8, 4) is 17.7 Å². The highest BCUT2D eigenvalue weighted by Gasteiger charge is 2.35. The average Bonchev–Trinajstić information content (AvgIpc) is 2.76. The molecule has 1 fully saturated rings. The number of benzene rings is 1. The lowest BCUT2D eigenvalue weighted by molar-refractivity contribution is 0.0110. The number of aromatic nitrogens is 1. The number of likely N-dealkylation sites (tertiary alicyclic amines) is 1. The van der Waals surface area contributed by atoms with Crippen molar-refractivity contribution in [1.82, 2.24) is 9.88 Å². The molecule has 1 aliphatic heterocycles. The summed E-state index contributed by atoms with van der Waals surface area (Å²) in [5.74, 6) is 1.47. The van der Waals surface area contributed by atoms with E-state index in [1.54, 1.807) is 30.3 Å². The van der Waals surface area contributed by atoms with Gasteiger partial charge in [-0.3, -0.25) is 0 Å². The number of amides is 1. The number of ether oxygens (including phenoxy) is 3. The second-order valence-corrected chi connectivity index (χ2v) is 8.66. The van der Waals surface area contributed by atoms with Crippen LogP contribution in [0.25, 0.3) is 0 Å². The molecule has 0 spiro atoms. The molecule has 3 rings (SSSR count). The molecule has 164 valence electrons. The van der Waals surface area contributed by atoms with E-state index in [1.165, 1.54) is 5.56 Å². The molecule has 7 heteroatoms. The molecule has 1 saturated heterocycles. The third-order valence-electron chi connectivity index (χ3n) is 5.24. The van der Waals surface area contributed by atoms with Crippen LogP contribution < -0.4 is 9.47 Å². The Morgan fingerprint density at radius 1 is 1.26 bits per heavy atom. The highest BCUT2D eigenvalue weighted by molar-refractivity contribution is 5.68. The van der Waals surface area contributed by atoms with Crippen molar-refractivity contribution in [3.63, 3.8) is 0 Å². The lowest BCUT2D eigenvalue weighted by Crippen LogP contribution is -2.46. The lowest BCUT2D eigenvalue weighted by Gasteiger charge is -2.39. The number of nitrogens with zero attached hydrogens (tertiary/aromatic N) is 3. The predicted octanol–water partition coefficient (Wildman–Crippen LogP) is 4.38. The first-order chi connectivity index (χ1) is 14.8. The fraction of sp³-hybridized carbons (Fsp3) is 0.458. The normalized spacial score (nSPS) is 18.7. The Bertz CT molecular complexity index is 931. The number of pyridine rings is 1. The molecule has 1 aliphatic rings. The molecule has 0 N–H and O–H groups in total. The minimum absolute atomic E-state index is 0.0437. The quantitative estimate of drug-likeness (QED) is 0.709. The number of piperidine rings is 1. The lowest BCUT2D eigenvalue weighted by atomic mass is 9.81. The molecule has 1 aromatic heterocycles. The molecule has 0 saturated carbocycles. The molecular weight excluding hydrogens is 394 g/mol. The van der Waals surface area contributed by atoms with Gasteiger partial charge in [0.15, 0.2) is 0 Å². The highest BCUT2D eigenvalue weighted by Crippen LogP contribution is 2.35. The average molecular weight is 424 g/mol. The zero-order chi connectivity index (χ0) is 22.4. The SMILES string of the molecule is COc1ccc(C2CCN(C(=O)OC(C)(C)C)CC2COc2cc(C#N)ccn2)cc1. The van der Waals surface area contributed by atoms with Crippen LogP contribution in [0.1, 0.15) is 44.2 Å². The van der Waals surface area contributed by atoms with Crippen LogP contribution >= 0.6 is 0 Å². The topological polar surface area (TPSA) is 84.7 Å². The van der Waals surface area contributed by atoms with Gasteiger partial charge in [0.1, 0.15) is 11.4 Å². The second kappa shape index (κ2) is 9.69. The summed E-state index contributed by atoms with van der Waals surface area (Å²) in [6.07, 6.45) is 2.05. The second-order valence-electron chi connectivity index (χ2n) is 8.66. The van der Waals surface area contributed by atoms with E-state index in [4.69, 9.17) is 19.5 Å². The van der Waals surface area contributed by atoms with E-state index in [0.717, 1.165) is 12.2 Å². The van der Waals surface area contributed by atoms with Crippen LogP contribution in [0.3, 0.4) is 0 Å². The number of hydrogen-bond acceptors (Lipinski definition) is 6. The van der Waals surface area contributed by atoms with Gasteiger partial charge in [0, 0.05) is 31.3 Å². The first-order valence-electron chi connectivity index (χ1n) is 10.4. The van der Waals surface area contributed by atoms with Crippen molar-refractivity contribution in [3.05, 3.63) is 53.7 Å². The van der Waals surface area contributed by atoms with Crippen LogP contribution in [0.5, 0.6) is 11.6 Å². The van der Waals surface area contributed by atoms with Gasteiger partial charge >= 0.3 is 6.09 Å². The fourth-order valence-corrected chi connectivity index (χ4v) is 3.73. The van der Waals surface area contributed by atoms with Crippen LogP contribution in [0.2, 0.25) is 0 Å². The smallest absolute Gasteiger partial charge is 0.410 e. The zero-order valence-corrected chi connectivity index (χ0v) is 18.5. The van der Waals surface area contributed by atoms with E-state index in [9.17, 15) is 4.79 Å². The molecule has 0 bridgehead atoms. The first-order valence-corrected chi connectivity index (χ1v) is 10.4. The third-order valence-corrected chi connectivity index (χ3v) is 5.24. The van der Waals surface area contributed by atoms with E-state index in [2.05, 4.69) is 23.2 Å². The number of rotatable bonds is 5. The number of methoxy groups -OCH3 is 1. The van der Waals surface area contributed by atoms with E-state index < -0.39 is 5.60 Å². The molecule has 7 nitrogen and oxygen atoms in total. The number of nitriles is 1. The Kier molecular flexibility index (Phi) is 7.01. The van der Waals surface area contributed by atoms with E-state index in [-0.39, 0.29) is 17.9 Å². The summed E-state index contributed by atoms with van der Waals surface area (Å²) in [7, 11) is 1.65. The standard InChI is InChI=1S/C24H29N3O4/c1-24(2,3)31-23(28)27-12-10-21(18-5-7-20(29-4)8-6-18)19(15-27)16-30-22-13-17(14-25)9-11-26-22/h5-9,11,13,19,21H,10,12,15-16H2,1-4H3. The van der Waals surface area contributed by atoms with Gasteiger partial charge < -0.3 is 19.1 Å². The molecule has 2 heterocycles. The van der Waals surface area contributed by atoms with Crippen molar-refractivity contribution >= 4 is 6.09 Å². The Labute approximate surface area is 183 Å². The van der Waals surface area contributed by atoms with E-state index in [1.807, 2.05) is 32.9 Å². The van der Waals surface area contributed by atoms with Crippen molar-refractivity contribution in [2.45, 2.75) is 38.7 Å². The molecule has 2 aromatic rings. The van der Waals surface area contributed by atoms with Crippen LogP contribution in [-0.4, -0.2) is 48.4 Å². The Morgan fingerprint density at radius 2 is 2.00 bits per heavy atom. The monoisotopic (exact) mass is 423 g/mol. The summed E-state index contributed by atoms with van der Waals surface area (Å²) in [5, 5.41) is 9.10. The Balaban J connectivity index is 1.77. The summed E-state index contributed by atoms with van der Waals surface area (Å²) < 4.78 is 16.8. The van der Waals surface area contributed by atoms with E-state index >= 15 is 0 Å².